The Kier molecular flexibility index (Phi) is 9.01. The topological polar surface area (TPSA) is 86.2 Å². The van der Waals surface area contributed by atoms with E-state index in [1.165, 1.54) is 0 Å². The number of carbonyl (C=O) groups is 1. The van der Waals surface area contributed by atoms with E-state index in [9.17, 15) is 9.90 Å². The van der Waals surface area contributed by atoms with Gasteiger partial charge in [0.25, 0.3) is 5.91 Å². The molecule has 6 heteroatoms. The Morgan fingerprint density at radius 1 is 1.53 bits per heavy atom. The van der Waals surface area contributed by atoms with Crippen LogP contribution < -0.4 is 23.5 Å². The minimum atomic E-state index is -0.662. The molecule has 3 unspecified atom stereocenters. The number of hydrogen-bond donors (Lipinski definition) is 3. The standard InChI is InChI=1S/C13H24N2O3.ClH/c1-9(2)7-10(14)13(17)15-11-5-3-4-6-18-8-12(11)16;/h3-4,9-12,16H,5-8,14H2,1-2H3,(H,15,17);1H/b4-3-;. The molecule has 1 heterocycles. The van der Waals surface area contributed by atoms with Gasteiger partial charge in [0.2, 0.25) is 0 Å². The minimum absolute atomic E-state index is 0. The maximum Gasteiger partial charge on any atom is 0.278 e. The Morgan fingerprint density at radius 2 is 2.21 bits per heavy atom. The predicted octanol–water partition coefficient (Wildman–Crippen LogP) is -3.53. The van der Waals surface area contributed by atoms with Crippen LogP contribution in [0.15, 0.2) is 12.2 Å². The van der Waals surface area contributed by atoms with Crippen molar-refractivity contribution in [3.8, 4) is 0 Å². The van der Waals surface area contributed by atoms with Crippen molar-refractivity contribution in [2.75, 3.05) is 13.2 Å². The lowest BCUT2D eigenvalue weighted by molar-refractivity contribution is -0.406. The van der Waals surface area contributed by atoms with Crippen molar-refractivity contribution in [2.24, 2.45) is 5.92 Å². The number of ether oxygens (including phenoxy) is 1. The molecule has 0 aromatic heterocycles. The van der Waals surface area contributed by atoms with Gasteiger partial charge in [-0.1, -0.05) is 26.0 Å². The number of nitrogens with one attached hydrogen (secondary N) is 1. The molecule has 5 N–H and O–H groups in total. The van der Waals surface area contributed by atoms with Crippen LogP contribution in [0, 0.1) is 5.92 Å². The number of carbonyl (C=O) groups excluding carboxylic acids is 1. The molecule has 112 valence electrons. The van der Waals surface area contributed by atoms with Gasteiger partial charge in [0.1, 0.15) is 0 Å². The molecule has 5 nitrogen and oxygen atoms in total. The van der Waals surface area contributed by atoms with Gasteiger partial charge in [-0.15, -0.1) is 0 Å². The summed E-state index contributed by atoms with van der Waals surface area (Å²) < 4.78 is 5.22. The Labute approximate surface area is 121 Å². The summed E-state index contributed by atoms with van der Waals surface area (Å²) in [4.78, 5) is 11.9. The second-order valence-corrected chi connectivity index (χ2v) is 5.25. The number of aliphatic hydroxyl groups is 1. The first kappa shape index (κ1) is 18.4. The van der Waals surface area contributed by atoms with Crippen LogP contribution in [0.4, 0.5) is 0 Å². The van der Waals surface area contributed by atoms with E-state index >= 15 is 0 Å². The van der Waals surface area contributed by atoms with Crippen molar-refractivity contribution in [3.05, 3.63) is 12.2 Å². The van der Waals surface area contributed by atoms with E-state index in [1.807, 2.05) is 12.2 Å². The van der Waals surface area contributed by atoms with Crippen LogP contribution in [-0.2, 0) is 9.53 Å². The third-order valence-corrected chi connectivity index (χ3v) is 2.98. The molecule has 1 aliphatic rings. The van der Waals surface area contributed by atoms with Crippen molar-refractivity contribution in [1.29, 1.82) is 0 Å². The molecule has 0 radical (unpaired) electrons. The normalized spacial score (nSPS) is 26.8. The summed E-state index contributed by atoms with van der Waals surface area (Å²) in [5, 5.41) is 12.8. The monoisotopic (exact) mass is 292 g/mol. The molecule has 0 aliphatic carbocycles. The Bertz CT molecular complexity index is 298. The highest BCUT2D eigenvalue weighted by Crippen LogP contribution is 2.07. The number of quaternary nitrogens is 1. The minimum Gasteiger partial charge on any atom is -1.00 e. The SMILES string of the molecule is CC(C)CC([NH3+])C(=O)NC1C/C=C\COCC1O.[Cl-]. The zero-order chi connectivity index (χ0) is 13.5. The first-order valence-corrected chi connectivity index (χ1v) is 6.55. The van der Waals surface area contributed by atoms with E-state index in [0.717, 1.165) is 6.42 Å². The van der Waals surface area contributed by atoms with Crippen LogP contribution in [0.5, 0.6) is 0 Å². The first-order valence-electron chi connectivity index (χ1n) is 6.55. The van der Waals surface area contributed by atoms with E-state index in [-0.39, 0.29) is 37.0 Å². The van der Waals surface area contributed by atoms with E-state index < -0.39 is 6.10 Å². The molecule has 1 amide bonds. The average molecular weight is 293 g/mol. The maximum absolute atomic E-state index is 11.9. The molecule has 1 aliphatic heterocycles. The second kappa shape index (κ2) is 9.31. The van der Waals surface area contributed by atoms with E-state index in [2.05, 4.69) is 24.9 Å². The van der Waals surface area contributed by atoms with Crippen LogP contribution in [-0.4, -0.2) is 42.4 Å². The van der Waals surface area contributed by atoms with E-state index in [4.69, 9.17) is 4.74 Å². The summed E-state index contributed by atoms with van der Waals surface area (Å²) in [6.07, 6.45) is 4.55. The lowest BCUT2D eigenvalue weighted by Gasteiger charge is -2.25. The summed E-state index contributed by atoms with van der Waals surface area (Å²) in [7, 11) is 0. The van der Waals surface area contributed by atoms with Gasteiger partial charge in [-0.2, -0.15) is 0 Å². The van der Waals surface area contributed by atoms with Crippen LogP contribution >= 0.6 is 0 Å². The summed E-state index contributed by atoms with van der Waals surface area (Å²) in [6.45, 7) is 4.89. The summed E-state index contributed by atoms with van der Waals surface area (Å²) >= 11 is 0. The van der Waals surface area contributed by atoms with Crippen molar-refractivity contribution in [3.63, 3.8) is 0 Å². The number of aliphatic hydroxyl groups excluding tert-OH is 1. The van der Waals surface area contributed by atoms with Gasteiger partial charge < -0.3 is 33.3 Å². The smallest absolute Gasteiger partial charge is 0.278 e. The quantitative estimate of drug-likeness (QED) is 0.469. The Hall–Kier alpha value is -0.620. The fourth-order valence-corrected chi connectivity index (χ4v) is 1.97. The third-order valence-electron chi connectivity index (χ3n) is 2.98. The van der Waals surface area contributed by atoms with Gasteiger partial charge in [0.05, 0.1) is 25.4 Å². The van der Waals surface area contributed by atoms with Gasteiger partial charge in [0.15, 0.2) is 6.04 Å². The van der Waals surface area contributed by atoms with Crippen LogP contribution in [0.1, 0.15) is 26.7 Å². The second-order valence-electron chi connectivity index (χ2n) is 5.25. The number of halogens is 1. The van der Waals surface area contributed by atoms with Crippen LogP contribution in [0.25, 0.3) is 0 Å². The fraction of sp³-hybridized carbons (Fsp3) is 0.769. The molecule has 0 saturated heterocycles. The molecule has 1 rings (SSSR count). The first-order chi connectivity index (χ1) is 8.50. The molecular weight excluding hydrogens is 268 g/mol. The summed E-state index contributed by atoms with van der Waals surface area (Å²) in [6, 6.07) is -0.557. The highest BCUT2D eigenvalue weighted by Gasteiger charge is 2.26. The van der Waals surface area contributed by atoms with E-state index in [0.29, 0.717) is 18.9 Å². The number of rotatable bonds is 4. The predicted molar refractivity (Wildman–Crippen MR) is 68.6 cm³/mol. The fourth-order valence-electron chi connectivity index (χ4n) is 1.97. The number of amides is 1. The van der Waals surface area contributed by atoms with Crippen molar-refractivity contribution < 1.29 is 32.8 Å². The summed E-state index contributed by atoms with van der Waals surface area (Å²) in [5.74, 6) is 0.338. The van der Waals surface area contributed by atoms with Gasteiger partial charge in [-0.3, -0.25) is 4.79 Å². The van der Waals surface area contributed by atoms with Gasteiger partial charge in [-0.25, -0.2) is 0 Å². The van der Waals surface area contributed by atoms with Gasteiger partial charge in [0, 0.05) is 6.42 Å². The van der Waals surface area contributed by atoms with Gasteiger partial charge in [-0.05, 0) is 12.3 Å². The molecule has 0 bridgehead atoms. The largest absolute Gasteiger partial charge is 1.00 e. The van der Waals surface area contributed by atoms with Crippen LogP contribution in [0.2, 0.25) is 0 Å². The highest BCUT2D eigenvalue weighted by atomic mass is 35.5. The Balaban J connectivity index is 0.00000324. The average Bonchev–Trinajstić information content (AvgIpc) is 2.27. The lowest BCUT2D eigenvalue weighted by Crippen LogP contribution is -3.00. The molecular formula is C13H25ClN2O3. The molecule has 0 fully saturated rings. The summed E-state index contributed by atoms with van der Waals surface area (Å²) in [5.41, 5.74) is 3.87. The highest BCUT2D eigenvalue weighted by molar-refractivity contribution is 5.80. The van der Waals surface area contributed by atoms with Gasteiger partial charge >= 0.3 is 0 Å². The molecule has 0 aromatic carbocycles. The maximum atomic E-state index is 11.9. The molecule has 19 heavy (non-hydrogen) atoms. The van der Waals surface area contributed by atoms with Crippen molar-refractivity contribution in [1.82, 2.24) is 5.32 Å². The Morgan fingerprint density at radius 3 is 2.84 bits per heavy atom. The van der Waals surface area contributed by atoms with E-state index in [1.54, 1.807) is 0 Å². The van der Waals surface area contributed by atoms with Crippen molar-refractivity contribution in [2.45, 2.75) is 44.9 Å². The zero-order valence-electron chi connectivity index (χ0n) is 11.6. The molecule has 0 aromatic rings. The molecule has 0 spiro atoms. The lowest BCUT2D eigenvalue weighted by atomic mass is 10.0. The van der Waals surface area contributed by atoms with Crippen molar-refractivity contribution >= 4 is 5.91 Å². The number of hydrogen-bond acceptors (Lipinski definition) is 3. The molecule has 3 atom stereocenters. The third kappa shape index (κ3) is 6.92. The molecule has 0 saturated carbocycles. The zero-order valence-corrected chi connectivity index (χ0v) is 12.4. The van der Waals surface area contributed by atoms with Crippen LogP contribution in [0.3, 0.4) is 0 Å².